The third-order valence-corrected chi connectivity index (χ3v) is 6.84. The number of nitrogens with zero attached hydrogens (tertiary/aromatic N) is 2. The Bertz CT molecular complexity index is 1530. The SMILES string of the molecule is CC(C)(C)Cc1ccc(-c2ccc(-c3cc(-c4cc(C(C)(C)C)c5ccccc5c4)ncn3)cc2)cc1. The van der Waals surface area contributed by atoms with Gasteiger partial charge in [-0.05, 0) is 68.5 Å². The number of hydrogen-bond donors (Lipinski definition) is 0. The standard InChI is InChI=1S/C35H36N2/c1-34(2,3)22-24-11-13-25(14-12-24)26-15-17-27(18-16-26)32-21-33(37-23-36-32)29-19-28-9-7-8-10-30(28)31(20-29)35(4,5)6/h7-21,23H,22H2,1-6H3. The van der Waals surface area contributed by atoms with Crippen molar-refractivity contribution in [2.24, 2.45) is 5.41 Å². The van der Waals surface area contributed by atoms with Gasteiger partial charge in [0.25, 0.3) is 0 Å². The first kappa shape index (κ1) is 24.9. The van der Waals surface area contributed by atoms with Gasteiger partial charge in [0, 0.05) is 11.1 Å². The van der Waals surface area contributed by atoms with Crippen LogP contribution in [0.3, 0.4) is 0 Å². The van der Waals surface area contributed by atoms with Crippen molar-refractivity contribution in [3.8, 4) is 33.6 Å². The molecule has 0 radical (unpaired) electrons. The van der Waals surface area contributed by atoms with Crippen molar-refractivity contribution in [3.63, 3.8) is 0 Å². The molecular formula is C35H36N2. The molecule has 0 aliphatic rings. The summed E-state index contributed by atoms with van der Waals surface area (Å²) in [7, 11) is 0. The molecule has 0 aliphatic heterocycles. The monoisotopic (exact) mass is 484 g/mol. The summed E-state index contributed by atoms with van der Waals surface area (Å²) in [4.78, 5) is 9.26. The second-order valence-electron chi connectivity index (χ2n) is 12.3. The maximum atomic E-state index is 4.65. The minimum atomic E-state index is 0.0340. The van der Waals surface area contributed by atoms with Crippen LogP contribution in [0, 0.1) is 5.41 Å². The molecule has 0 N–H and O–H groups in total. The van der Waals surface area contributed by atoms with E-state index in [1.807, 2.05) is 0 Å². The van der Waals surface area contributed by atoms with Crippen LogP contribution in [0.5, 0.6) is 0 Å². The highest BCUT2D eigenvalue weighted by molar-refractivity contribution is 5.91. The Morgan fingerprint density at radius 2 is 1.14 bits per heavy atom. The molecule has 2 heteroatoms. The van der Waals surface area contributed by atoms with Gasteiger partial charge in [-0.15, -0.1) is 0 Å². The molecular weight excluding hydrogens is 448 g/mol. The lowest BCUT2D eigenvalue weighted by atomic mass is 9.82. The number of hydrogen-bond acceptors (Lipinski definition) is 2. The lowest BCUT2D eigenvalue weighted by Crippen LogP contribution is -2.12. The van der Waals surface area contributed by atoms with Gasteiger partial charge in [0.2, 0.25) is 0 Å². The minimum absolute atomic E-state index is 0.0340. The van der Waals surface area contributed by atoms with E-state index in [1.165, 1.54) is 33.0 Å². The van der Waals surface area contributed by atoms with Crippen LogP contribution in [0.15, 0.2) is 97.3 Å². The zero-order valence-electron chi connectivity index (χ0n) is 22.8. The molecule has 0 saturated carbocycles. The molecule has 37 heavy (non-hydrogen) atoms. The fraction of sp³-hybridized carbons (Fsp3) is 0.257. The van der Waals surface area contributed by atoms with Gasteiger partial charge in [-0.1, -0.05) is 114 Å². The number of aromatic nitrogens is 2. The van der Waals surface area contributed by atoms with E-state index in [0.717, 1.165) is 28.9 Å². The minimum Gasteiger partial charge on any atom is -0.236 e. The van der Waals surface area contributed by atoms with Crippen molar-refractivity contribution in [2.75, 3.05) is 0 Å². The second-order valence-corrected chi connectivity index (χ2v) is 12.3. The summed E-state index contributed by atoms with van der Waals surface area (Å²) in [6, 6.07) is 32.9. The van der Waals surface area contributed by atoms with Crippen molar-refractivity contribution < 1.29 is 0 Å². The first-order chi connectivity index (χ1) is 17.6. The normalized spacial score (nSPS) is 12.2. The van der Waals surface area contributed by atoms with E-state index < -0.39 is 0 Å². The molecule has 5 rings (SSSR count). The third kappa shape index (κ3) is 5.64. The van der Waals surface area contributed by atoms with Gasteiger partial charge in [-0.2, -0.15) is 0 Å². The number of benzene rings is 4. The number of rotatable bonds is 4. The Hall–Kier alpha value is -3.78. The molecule has 186 valence electrons. The first-order valence-corrected chi connectivity index (χ1v) is 13.1. The van der Waals surface area contributed by atoms with Crippen molar-refractivity contribution in [3.05, 3.63) is 108 Å². The zero-order chi connectivity index (χ0) is 26.2. The van der Waals surface area contributed by atoms with E-state index in [2.05, 4.69) is 143 Å². The molecule has 2 nitrogen and oxygen atoms in total. The van der Waals surface area contributed by atoms with Crippen molar-refractivity contribution in [1.82, 2.24) is 9.97 Å². The molecule has 1 heterocycles. The average molecular weight is 485 g/mol. The van der Waals surface area contributed by atoms with Gasteiger partial charge in [0.15, 0.2) is 0 Å². The molecule has 0 bridgehead atoms. The quantitative estimate of drug-likeness (QED) is 0.254. The van der Waals surface area contributed by atoms with Gasteiger partial charge in [-0.25, -0.2) is 9.97 Å². The predicted molar refractivity (Wildman–Crippen MR) is 158 cm³/mol. The molecule has 0 unspecified atom stereocenters. The Kier molecular flexibility index (Phi) is 6.45. The Morgan fingerprint density at radius 1 is 0.568 bits per heavy atom. The topological polar surface area (TPSA) is 25.8 Å². The maximum absolute atomic E-state index is 4.65. The predicted octanol–water partition coefficient (Wildman–Crippen LogP) is 9.52. The molecule has 0 spiro atoms. The molecule has 1 aromatic heterocycles. The fourth-order valence-electron chi connectivity index (χ4n) is 5.01. The van der Waals surface area contributed by atoms with E-state index in [-0.39, 0.29) is 5.41 Å². The van der Waals surface area contributed by atoms with Gasteiger partial charge < -0.3 is 0 Å². The van der Waals surface area contributed by atoms with Crippen LogP contribution < -0.4 is 0 Å². The highest BCUT2D eigenvalue weighted by atomic mass is 14.8. The first-order valence-electron chi connectivity index (χ1n) is 13.1. The summed E-state index contributed by atoms with van der Waals surface area (Å²) in [5.74, 6) is 0. The molecule has 0 amide bonds. The van der Waals surface area contributed by atoms with Crippen molar-refractivity contribution in [1.29, 1.82) is 0 Å². The molecule has 5 aromatic rings. The van der Waals surface area contributed by atoms with Gasteiger partial charge in [0.05, 0.1) is 11.4 Å². The molecule has 0 fully saturated rings. The average Bonchev–Trinajstić information content (AvgIpc) is 2.87. The van der Waals surface area contributed by atoms with Crippen molar-refractivity contribution in [2.45, 2.75) is 53.4 Å². The van der Waals surface area contributed by atoms with E-state index in [9.17, 15) is 0 Å². The van der Waals surface area contributed by atoms with Gasteiger partial charge in [0.1, 0.15) is 6.33 Å². The summed E-state index contributed by atoms with van der Waals surface area (Å²) < 4.78 is 0. The van der Waals surface area contributed by atoms with Crippen LogP contribution in [0.4, 0.5) is 0 Å². The van der Waals surface area contributed by atoms with Crippen LogP contribution in [0.25, 0.3) is 44.4 Å². The maximum Gasteiger partial charge on any atom is 0.116 e. The smallest absolute Gasteiger partial charge is 0.116 e. The second kappa shape index (κ2) is 9.59. The molecule has 0 aliphatic carbocycles. The largest absolute Gasteiger partial charge is 0.236 e. The van der Waals surface area contributed by atoms with E-state index in [1.54, 1.807) is 6.33 Å². The van der Waals surface area contributed by atoms with Crippen LogP contribution >= 0.6 is 0 Å². The highest BCUT2D eigenvalue weighted by Crippen LogP contribution is 2.35. The number of fused-ring (bicyclic) bond motifs is 1. The van der Waals surface area contributed by atoms with Crippen LogP contribution in [-0.2, 0) is 11.8 Å². The third-order valence-electron chi connectivity index (χ3n) is 6.84. The van der Waals surface area contributed by atoms with E-state index in [0.29, 0.717) is 5.41 Å². The van der Waals surface area contributed by atoms with Gasteiger partial charge >= 0.3 is 0 Å². The van der Waals surface area contributed by atoms with E-state index >= 15 is 0 Å². The van der Waals surface area contributed by atoms with Gasteiger partial charge in [-0.3, -0.25) is 0 Å². The molecule has 4 aromatic carbocycles. The Balaban J connectivity index is 1.45. The van der Waals surface area contributed by atoms with Crippen LogP contribution in [0.2, 0.25) is 0 Å². The summed E-state index contributed by atoms with van der Waals surface area (Å²) in [6.45, 7) is 13.6. The summed E-state index contributed by atoms with van der Waals surface area (Å²) in [5, 5.41) is 2.54. The summed E-state index contributed by atoms with van der Waals surface area (Å²) in [6.07, 6.45) is 2.76. The zero-order valence-corrected chi connectivity index (χ0v) is 22.8. The summed E-state index contributed by atoms with van der Waals surface area (Å²) >= 11 is 0. The highest BCUT2D eigenvalue weighted by Gasteiger charge is 2.19. The summed E-state index contributed by atoms with van der Waals surface area (Å²) in [5.41, 5.74) is 9.58. The fourth-order valence-corrected chi connectivity index (χ4v) is 5.01. The lowest BCUT2D eigenvalue weighted by Gasteiger charge is -2.22. The molecule has 0 atom stereocenters. The van der Waals surface area contributed by atoms with Crippen LogP contribution in [0.1, 0.15) is 52.7 Å². The van der Waals surface area contributed by atoms with Crippen molar-refractivity contribution >= 4 is 10.8 Å². The molecule has 0 saturated heterocycles. The van der Waals surface area contributed by atoms with Crippen LogP contribution in [-0.4, -0.2) is 9.97 Å². The lowest BCUT2D eigenvalue weighted by molar-refractivity contribution is 0.411. The Labute approximate surface area is 221 Å². The van der Waals surface area contributed by atoms with E-state index in [4.69, 9.17) is 0 Å². The Morgan fingerprint density at radius 3 is 1.76 bits per heavy atom.